The zero-order chi connectivity index (χ0) is 27.3. The van der Waals surface area contributed by atoms with Crippen molar-refractivity contribution in [3.63, 3.8) is 0 Å². The van der Waals surface area contributed by atoms with Gasteiger partial charge in [-0.25, -0.2) is 13.2 Å². The number of carboxylic acids is 1. The summed E-state index contributed by atoms with van der Waals surface area (Å²) in [5.41, 5.74) is 3.46. The molecule has 38 heavy (non-hydrogen) atoms. The molecule has 4 rings (SSSR count). The van der Waals surface area contributed by atoms with Crippen LogP contribution in [-0.4, -0.2) is 47.7 Å². The molecule has 5 nitrogen and oxygen atoms in total. The average Bonchev–Trinajstić information content (AvgIpc) is 2.89. The van der Waals surface area contributed by atoms with Gasteiger partial charge in [-0.2, -0.15) is 0 Å². The topological polar surface area (TPSA) is 62.7 Å². The molecule has 0 atom stereocenters. The van der Waals surface area contributed by atoms with Crippen LogP contribution < -0.4 is 4.74 Å². The molecule has 2 heterocycles. The Kier molecular flexibility index (Phi) is 8.92. The van der Waals surface area contributed by atoms with Gasteiger partial charge in [0.15, 0.2) is 17.5 Å². The molecule has 2 aromatic carbocycles. The zero-order valence-corrected chi connectivity index (χ0v) is 22.0. The van der Waals surface area contributed by atoms with Crippen molar-refractivity contribution in [3.05, 3.63) is 70.7 Å². The molecule has 1 aromatic heterocycles. The first kappa shape index (κ1) is 27.9. The summed E-state index contributed by atoms with van der Waals surface area (Å²) >= 11 is 0. The summed E-state index contributed by atoms with van der Waals surface area (Å²) < 4.78 is 45.5. The normalized spacial score (nSPS) is 15.6. The standard InChI is InChI=1S/C30H35F3N2O3/c1-20-19-34-27-8-7-22(38-2)17-24(27)23(20)6-3-9-30(18-28(36)37)10-13-35(14-11-30)12-4-5-21-15-25(31)29(33)26(32)16-21/h7-8,15-17,19H,3-6,9-14,18H2,1-2H3,(H,36,37). The van der Waals surface area contributed by atoms with E-state index in [4.69, 9.17) is 4.74 Å². The highest BCUT2D eigenvalue weighted by atomic mass is 19.2. The lowest BCUT2D eigenvalue weighted by Crippen LogP contribution is -2.41. The number of pyridine rings is 1. The molecule has 1 aliphatic heterocycles. The minimum atomic E-state index is -1.44. The Balaban J connectivity index is 1.34. The van der Waals surface area contributed by atoms with Gasteiger partial charge < -0.3 is 14.7 Å². The number of nitrogens with zero attached hydrogens (tertiary/aromatic N) is 2. The number of hydrogen-bond donors (Lipinski definition) is 1. The van der Waals surface area contributed by atoms with Crippen LogP contribution in [0.4, 0.5) is 13.2 Å². The van der Waals surface area contributed by atoms with Gasteiger partial charge in [-0.05, 0) is 124 Å². The Labute approximate surface area is 221 Å². The lowest BCUT2D eigenvalue weighted by atomic mass is 9.71. The molecule has 3 aromatic rings. The predicted octanol–water partition coefficient (Wildman–Crippen LogP) is 6.48. The average molecular weight is 529 g/mol. The number of fused-ring (bicyclic) bond motifs is 1. The number of rotatable bonds is 11. The van der Waals surface area contributed by atoms with Crippen molar-refractivity contribution in [1.82, 2.24) is 9.88 Å². The van der Waals surface area contributed by atoms with E-state index in [0.29, 0.717) is 18.4 Å². The van der Waals surface area contributed by atoms with Gasteiger partial charge in [-0.1, -0.05) is 0 Å². The van der Waals surface area contributed by atoms with Gasteiger partial charge in [0, 0.05) is 11.6 Å². The molecular weight excluding hydrogens is 493 g/mol. The quantitative estimate of drug-likeness (QED) is 0.289. The van der Waals surface area contributed by atoms with E-state index in [1.807, 2.05) is 24.4 Å². The third kappa shape index (κ3) is 6.65. The first-order valence-corrected chi connectivity index (χ1v) is 13.2. The zero-order valence-electron chi connectivity index (χ0n) is 22.0. The first-order chi connectivity index (χ1) is 18.2. The van der Waals surface area contributed by atoms with Crippen molar-refractivity contribution < 1.29 is 27.8 Å². The van der Waals surface area contributed by atoms with E-state index in [1.54, 1.807) is 7.11 Å². The second kappa shape index (κ2) is 12.2. The summed E-state index contributed by atoms with van der Waals surface area (Å²) in [5, 5.41) is 10.7. The molecule has 0 bridgehead atoms. The van der Waals surface area contributed by atoms with E-state index in [9.17, 15) is 23.1 Å². The summed E-state index contributed by atoms with van der Waals surface area (Å²) in [7, 11) is 1.65. The number of aromatic nitrogens is 1. The molecule has 0 saturated carbocycles. The third-order valence-corrected chi connectivity index (χ3v) is 7.96. The number of piperidine rings is 1. The second-order valence-electron chi connectivity index (χ2n) is 10.5. The maximum atomic E-state index is 13.5. The van der Waals surface area contributed by atoms with Crippen LogP contribution in [0.5, 0.6) is 5.75 Å². The van der Waals surface area contributed by atoms with Gasteiger partial charge in [-0.3, -0.25) is 9.78 Å². The van der Waals surface area contributed by atoms with Gasteiger partial charge in [-0.15, -0.1) is 0 Å². The van der Waals surface area contributed by atoms with Crippen molar-refractivity contribution in [3.8, 4) is 5.75 Å². The Morgan fingerprint density at radius 1 is 1.08 bits per heavy atom. The lowest BCUT2D eigenvalue weighted by molar-refractivity contribution is -0.140. The van der Waals surface area contributed by atoms with Gasteiger partial charge in [0.2, 0.25) is 0 Å². The lowest BCUT2D eigenvalue weighted by Gasteiger charge is -2.41. The number of hydrogen-bond acceptors (Lipinski definition) is 4. The summed E-state index contributed by atoms with van der Waals surface area (Å²) in [6.45, 7) is 4.37. The smallest absolute Gasteiger partial charge is 0.303 e. The van der Waals surface area contributed by atoms with Crippen molar-refractivity contribution in [1.29, 1.82) is 0 Å². The maximum absolute atomic E-state index is 13.5. The van der Waals surface area contributed by atoms with Gasteiger partial charge in [0.25, 0.3) is 0 Å². The Bertz CT molecular complexity index is 1270. The van der Waals surface area contributed by atoms with Crippen LogP contribution >= 0.6 is 0 Å². The van der Waals surface area contributed by atoms with Crippen molar-refractivity contribution in [2.24, 2.45) is 5.41 Å². The van der Waals surface area contributed by atoms with Crippen molar-refractivity contribution in [2.75, 3.05) is 26.7 Å². The number of carboxylic acid groups (broad SMARTS) is 1. The highest BCUT2D eigenvalue weighted by Gasteiger charge is 2.36. The fourth-order valence-electron chi connectivity index (χ4n) is 5.77. The minimum absolute atomic E-state index is 0.152. The summed E-state index contributed by atoms with van der Waals surface area (Å²) in [6.07, 6.45) is 7.33. The van der Waals surface area contributed by atoms with E-state index in [1.165, 1.54) is 5.56 Å². The molecule has 1 fully saturated rings. The van der Waals surface area contributed by atoms with Gasteiger partial charge >= 0.3 is 5.97 Å². The summed E-state index contributed by atoms with van der Waals surface area (Å²) in [4.78, 5) is 18.6. The summed E-state index contributed by atoms with van der Waals surface area (Å²) in [5.74, 6) is -3.74. The van der Waals surface area contributed by atoms with Crippen LogP contribution in [0.3, 0.4) is 0 Å². The molecule has 0 spiro atoms. The SMILES string of the molecule is COc1ccc2ncc(C)c(CCCC3(CC(=O)O)CCN(CCCc4cc(F)c(F)c(F)c4)CC3)c2c1. The Morgan fingerprint density at radius 3 is 2.45 bits per heavy atom. The van der Waals surface area contributed by atoms with Gasteiger partial charge in [0.05, 0.1) is 19.0 Å². The number of carbonyl (C=O) groups is 1. The highest BCUT2D eigenvalue weighted by Crippen LogP contribution is 2.40. The number of methoxy groups -OCH3 is 1. The first-order valence-electron chi connectivity index (χ1n) is 13.2. The van der Waals surface area contributed by atoms with E-state index < -0.39 is 23.4 Å². The molecule has 0 radical (unpaired) electrons. The van der Waals surface area contributed by atoms with Crippen LogP contribution in [0.2, 0.25) is 0 Å². The Morgan fingerprint density at radius 2 is 1.79 bits per heavy atom. The molecule has 1 aliphatic rings. The minimum Gasteiger partial charge on any atom is -0.497 e. The number of aryl methyl sites for hydroxylation is 3. The van der Waals surface area contributed by atoms with Crippen molar-refractivity contribution in [2.45, 2.75) is 58.3 Å². The van der Waals surface area contributed by atoms with E-state index in [0.717, 1.165) is 86.1 Å². The number of halogens is 3. The maximum Gasteiger partial charge on any atom is 0.303 e. The molecule has 204 valence electrons. The monoisotopic (exact) mass is 528 g/mol. The third-order valence-electron chi connectivity index (χ3n) is 7.96. The van der Waals surface area contributed by atoms with Crippen LogP contribution in [0.1, 0.15) is 55.2 Å². The molecular formula is C30H35F3N2O3. The van der Waals surface area contributed by atoms with E-state index >= 15 is 0 Å². The summed E-state index contributed by atoms with van der Waals surface area (Å²) in [6, 6.07) is 7.99. The van der Waals surface area contributed by atoms with E-state index in [2.05, 4.69) is 16.8 Å². The number of ether oxygens (including phenoxy) is 1. The fourth-order valence-corrected chi connectivity index (χ4v) is 5.77. The Hall–Kier alpha value is -3.13. The second-order valence-corrected chi connectivity index (χ2v) is 10.5. The molecule has 1 N–H and O–H groups in total. The number of benzene rings is 2. The predicted molar refractivity (Wildman–Crippen MR) is 141 cm³/mol. The van der Waals surface area contributed by atoms with Crippen molar-refractivity contribution >= 4 is 16.9 Å². The van der Waals surface area contributed by atoms with E-state index in [-0.39, 0.29) is 11.8 Å². The molecule has 1 saturated heterocycles. The largest absolute Gasteiger partial charge is 0.497 e. The molecule has 8 heteroatoms. The highest BCUT2D eigenvalue weighted by molar-refractivity contribution is 5.84. The number of likely N-dealkylation sites (tertiary alicyclic amines) is 1. The van der Waals surface area contributed by atoms with Crippen LogP contribution in [0.15, 0.2) is 36.5 Å². The number of aliphatic carboxylic acids is 1. The fraction of sp³-hybridized carbons (Fsp3) is 0.467. The van der Waals surface area contributed by atoms with Gasteiger partial charge in [0.1, 0.15) is 5.75 Å². The molecule has 0 unspecified atom stereocenters. The van der Waals surface area contributed by atoms with Crippen LogP contribution in [0, 0.1) is 29.8 Å². The van der Waals surface area contributed by atoms with Crippen LogP contribution in [0.25, 0.3) is 10.9 Å². The van der Waals surface area contributed by atoms with Crippen LogP contribution in [-0.2, 0) is 17.6 Å². The molecule has 0 amide bonds. The molecule has 0 aliphatic carbocycles.